The van der Waals surface area contributed by atoms with E-state index in [0.717, 1.165) is 31.2 Å². The summed E-state index contributed by atoms with van der Waals surface area (Å²) < 4.78 is 0. The van der Waals surface area contributed by atoms with Gasteiger partial charge in [-0.2, -0.15) is 0 Å². The molecule has 0 spiro atoms. The number of hydrogen-bond donors (Lipinski definition) is 2. The van der Waals surface area contributed by atoms with Gasteiger partial charge in [0.15, 0.2) is 0 Å². The summed E-state index contributed by atoms with van der Waals surface area (Å²) in [7, 11) is 0. The minimum atomic E-state index is 0.678. The van der Waals surface area contributed by atoms with Gasteiger partial charge < -0.3 is 19.8 Å². The Morgan fingerprint density at radius 2 is 1.77 bits per heavy atom. The van der Waals surface area contributed by atoms with Crippen molar-refractivity contribution in [3.05, 3.63) is 48.3 Å². The van der Waals surface area contributed by atoms with E-state index >= 15 is 0 Å². The summed E-state index contributed by atoms with van der Waals surface area (Å²) in [6.07, 6.45) is 7.51. The number of pyridine rings is 1. The zero-order valence-corrected chi connectivity index (χ0v) is 21.3. The smallest absolute Gasteiger partial charge is 0.137 e. The van der Waals surface area contributed by atoms with Crippen LogP contribution >= 0.6 is 0 Å². The van der Waals surface area contributed by atoms with Gasteiger partial charge in [0.1, 0.15) is 5.65 Å². The van der Waals surface area contributed by atoms with E-state index in [-0.39, 0.29) is 0 Å². The highest BCUT2D eigenvalue weighted by Crippen LogP contribution is 2.36. The van der Waals surface area contributed by atoms with Crippen molar-refractivity contribution in [3.63, 3.8) is 0 Å². The van der Waals surface area contributed by atoms with E-state index in [1.165, 1.54) is 77.8 Å². The highest BCUT2D eigenvalue weighted by molar-refractivity contribution is 5.99. The second-order valence-corrected chi connectivity index (χ2v) is 10.5. The monoisotopic (exact) mass is 470 g/mol. The SMILES string of the molecule is CCc1c(-c2ccnc3[nH]ccc23)[nH]c2ccc(N3CCN(C4CCN(C(C)C)CC4)CC3)cc12. The molecule has 6 heteroatoms. The summed E-state index contributed by atoms with van der Waals surface area (Å²) in [5.74, 6) is 0. The van der Waals surface area contributed by atoms with Crippen molar-refractivity contribution in [2.24, 2.45) is 0 Å². The van der Waals surface area contributed by atoms with Crippen molar-refractivity contribution in [2.75, 3.05) is 44.2 Å². The molecule has 6 nitrogen and oxygen atoms in total. The first-order valence-corrected chi connectivity index (χ1v) is 13.4. The normalized spacial score (nSPS) is 18.9. The molecular formula is C29H38N6. The molecule has 0 radical (unpaired) electrons. The van der Waals surface area contributed by atoms with Gasteiger partial charge >= 0.3 is 0 Å². The molecule has 184 valence electrons. The molecule has 2 N–H and O–H groups in total. The van der Waals surface area contributed by atoms with Gasteiger partial charge in [-0.3, -0.25) is 4.90 Å². The van der Waals surface area contributed by atoms with Crippen LogP contribution in [0, 0.1) is 0 Å². The fourth-order valence-corrected chi connectivity index (χ4v) is 6.32. The van der Waals surface area contributed by atoms with Gasteiger partial charge in [0.25, 0.3) is 0 Å². The molecule has 4 aromatic rings. The summed E-state index contributed by atoms with van der Waals surface area (Å²) in [6.45, 7) is 14.0. The Hall–Kier alpha value is -2.83. The number of rotatable bonds is 5. The number of nitrogens with zero attached hydrogens (tertiary/aromatic N) is 4. The van der Waals surface area contributed by atoms with Gasteiger partial charge in [-0.25, -0.2) is 4.98 Å². The van der Waals surface area contributed by atoms with Crippen molar-refractivity contribution in [2.45, 2.75) is 52.1 Å². The molecule has 0 amide bonds. The van der Waals surface area contributed by atoms with Crippen LogP contribution in [0.2, 0.25) is 0 Å². The number of fused-ring (bicyclic) bond motifs is 2. The predicted molar refractivity (Wildman–Crippen MR) is 146 cm³/mol. The van der Waals surface area contributed by atoms with Crippen LogP contribution in [0.5, 0.6) is 0 Å². The quantitative estimate of drug-likeness (QED) is 0.417. The zero-order chi connectivity index (χ0) is 23.9. The third-order valence-electron chi connectivity index (χ3n) is 8.40. The third-order valence-corrected chi connectivity index (χ3v) is 8.40. The highest BCUT2D eigenvalue weighted by Gasteiger charge is 2.28. The first-order chi connectivity index (χ1) is 17.1. The average Bonchev–Trinajstić information content (AvgIpc) is 3.53. The number of nitrogens with one attached hydrogen (secondary N) is 2. The Bertz CT molecular complexity index is 1300. The van der Waals surface area contributed by atoms with Crippen molar-refractivity contribution >= 4 is 27.6 Å². The second-order valence-electron chi connectivity index (χ2n) is 10.5. The minimum absolute atomic E-state index is 0.678. The molecule has 3 aromatic heterocycles. The van der Waals surface area contributed by atoms with E-state index in [2.05, 4.69) is 80.8 Å². The summed E-state index contributed by atoms with van der Waals surface area (Å²) in [5, 5.41) is 2.52. The largest absolute Gasteiger partial charge is 0.369 e. The van der Waals surface area contributed by atoms with Crippen molar-refractivity contribution in [1.82, 2.24) is 24.8 Å². The highest BCUT2D eigenvalue weighted by atomic mass is 15.3. The van der Waals surface area contributed by atoms with E-state index in [1.807, 2.05) is 12.4 Å². The van der Waals surface area contributed by atoms with Crippen LogP contribution < -0.4 is 4.90 Å². The molecule has 5 heterocycles. The molecule has 2 fully saturated rings. The van der Waals surface area contributed by atoms with Crippen LogP contribution in [0.4, 0.5) is 5.69 Å². The maximum Gasteiger partial charge on any atom is 0.137 e. The van der Waals surface area contributed by atoms with E-state index in [4.69, 9.17) is 0 Å². The molecule has 0 atom stereocenters. The summed E-state index contributed by atoms with van der Waals surface area (Å²) in [4.78, 5) is 19.4. The first kappa shape index (κ1) is 22.6. The number of aromatic nitrogens is 3. The van der Waals surface area contributed by atoms with Crippen LogP contribution in [0.1, 0.15) is 39.2 Å². The molecule has 35 heavy (non-hydrogen) atoms. The number of piperazine rings is 1. The minimum Gasteiger partial charge on any atom is -0.369 e. The van der Waals surface area contributed by atoms with Crippen molar-refractivity contribution in [1.29, 1.82) is 0 Å². The number of aryl methyl sites for hydroxylation is 1. The van der Waals surface area contributed by atoms with Gasteiger partial charge in [0.05, 0.1) is 5.69 Å². The Labute approximate surface area is 208 Å². The molecule has 0 aliphatic carbocycles. The number of anilines is 1. The maximum atomic E-state index is 4.48. The van der Waals surface area contributed by atoms with Crippen LogP contribution in [0.3, 0.4) is 0 Å². The number of benzene rings is 1. The molecule has 6 rings (SSSR count). The zero-order valence-electron chi connectivity index (χ0n) is 21.3. The van der Waals surface area contributed by atoms with Gasteiger partial charge in [0, 0.05) is 78.2 Å². The van der Waals surface area contributed by atoms with E-state index in [1.54, 1.807) is 0 Å². The number of aromatic amines is 2. The standard InChI is InChI=1S/C29H38N6/c1-4-23-26-19-22(35-17-15-34(16-18-35)21-9-13-33(14-10-21)20(2)3)5-6-27(26)32-28(23)24-7-11-30-29-25(24)8-12-31-29/h5-8,11-12,19-21,32H,4,9-10,13-18H2,1-3H3,(H,30,31). The molecular weight excluding hydrogens is 432 g/mol. The fourth-order valence-electron chi connectivity index (χ4n) is 6.32. The Morgan fingerprint density at radius 1 is 0.971 bits per heavy atom. The topological polar surface area (TPSA) is 54.2 Å². The summed E-state index contributed by atoms with van der Waals surface area (Å²) in [5.41, 5.74) is 7.36. The molecule has 0 saturated carbocycles. The number of H-pyrrole nitrogens is 2. The molecule has 2 aliphatic heterocycles. The van der Waals surface area contributed by atoms with E-state index in [9.17, 15) is 0 Å². The Balaban J connectivity index is 1.21. The molecule has 1 aromatic carbocycles. The molecule has 0 bridgehead atoms. The lowest BCUT2D eigenvalue weighted by Gasteiger charge is -2.44. The maximum absolute atomic E-state index is 4.48. The van der Waals surface area contributed by atoms with Crippen LogP contribution in [-0.2, 0) is 6.42 Å². The lowest BCUT2D eigenvalue weighted by molar-refractivity contribution is 0.0883. The molecule has 2 aliphatic rings. The van der Waals surface area contributed by atoms with Gasteiger partial charge in [-0.15, -0.1) is 0 Å². The first-order valence-electron chi connectivity index (χ1n) is 13.4. The van der Waals surface area contributed by atoms with Crippen LogP contribution in [0.15, 0.2) is 42.7 Å². The number of likely N-dealkylation sites (tertiary alicyclic amines) is 1. The summed E-state index contributed by atoms with van der Waals surface area (Å²) in [6, 6.07) is 12.7. The average molecular weight is 471 g/mol. The van der Waals surface area contributed by atoms with Gasteiger partial charge in [0.2, 0.25) is 0 Å². The van der Waals surface area contributed by atoms with E-state index < -0.39 is 0 Å². The second kappa shape index (κ2) is 9.32. The lowest BCUT2D eigenvalue weighted by atomic mass is 10.0. The molecule has 0 unspecified atom stereocenters. The van der Waals surface area contributed by atoms with Crippen molar-refractivity contribution < 1.29 is 0 Å². The lowest BCUT2D eigenvalue weighted by Crippen LogP contribution is -2.53. The number of piperidine rings is 1. The van der Waals surface area contributed by atoms with Crippen LogP contribution in [0.25, 0.3) is 33.2 Å². The van der Waals surface area contributed by atoms with Gasteiger partial charge in [-0.05, 0) is 82.1 Å². The van der Waals surface area contributed by atoms with Gasteiger partial charge in [-0.1, -0.05) is 6.92 Å². The number of hydrogen-bond acceptors (Lipinski definition) is 4. The van der Waals surface area contributed by atoms with Crippen LogP contribution in [-0.4, -0.2) is 76.1 Å². The van der Waals surface area contributed by atoms with Crippen molar-refractivity contribution in [3.8, 4) is 11.3 Å². The Kier molecular flexibility index (Phi) is 6.02. The van der Waals surface area contributed by atoms with E-state index in [0.29, 0.717) is 6.04 Å². The fraction of sp³-hybridized carbons (Fsp3) is 0.483. The summed E-state index contributed by atoms with van der Waals surface area (Å²) >= 11 is 0. The Morgan fingerprint density at radius 3 is 2.51 bits per heavy atom. The third kappa shape index (κ3) is 4.13. The predicted octanol–water partition coefficient (Wildman–Crippen LogP) is 5.27. The molecule has 2 saturated heterocycles.